The Morgan fingerprint density at radius 1 is 0.679 bits per heavy atom. The molecule has 0 saturated carbocycles. The number of rotatable bonds is 7. The van der Waals surface area contributed by atoms with E-state index in [0.29, 0.717) is 5.56 Å². The number of allylic oxidation sites excluding steroid dienone is 1. The first kappa shape index (κ1) is 20.8. The van der Waals surface area contributed by atoms with E-state index in [9.17, 15) is 31.1 Å². The van der Waals surface area contributed by atoms with Crippen molar-refractivity contribution in [2.45, 2.75) is 0 Å². The molecule has 28 heavy (non-hydrogen) atoms. The van der Waals surface area contributed by atoms with Gasteiger partial charge in [0.2, 0.25) is 0 Å². The fourth-order valence-electron chi connectivity index (χ4n) is 1.89. The van der Waals surface area contributed by atoms with Crippen molar-refractivity contribution in [1.29, 1.82) is 0 Å². The summed E-state index contributed by atoms with van der Waals surface area (Å²) in [4.78, 5) is 12.1. The van der Waals surface area contributed by atoms with E-state index >= 15 is 0 Å². The Bertz CT molecular complexity index is 923. The van der Waals surface area contributed by atoms with Crippen LogP contribution in [0.5, 0.6) is 11.5 Å². The summed E-state index contributed by atoms with van der Waals surface area (Å²) in [6.07, 6.45) is -2.60. The third kappa shape index (κ3) is 6.04. The SMILES string of the molecule is O=C(/C=C/c1ccc(OC(F)=C(F)F)cc1)c1ccc(OC(F)=C(F)F)cc1. The van der Waals surface area contributed by atoms with Crippen molar-refractivity contribution in [3.8, 4) is 11.5 Å². The number of hydrogen-bond donors (Lipinski definition) is 0. The first-order valence-corrected chi connectivity index (χ1v) is 7.46. The molecule has 0 heterocycles. The molecule has 0 saturated heterocycles. The minimum atomic E-state index is -2.60. The highest BCUT2D eigenvalue weighted by Crippen LogP contribution is 2.21. The topological polar surface area (TPSA) is 35.5 Å². The molecule has 0 aliphatic heterocycles. The van der Waals surface area contributed by atoms with Gasteiger partial charge in [-0.15, -0.1) is 0 Å². The van der Waals surface area contributed by atoms with Crippen molar-refractivity contribution in [2.24, 2.45) is 0 Å². The molecule has 2 rings (SSSR count). The number of hydrogen-bond acceptors (Lipinski definition) is 3. The number of ketones is 1. The van der Waals surface area contributed by atoms with Crippen molar-refractivity contribution < 1.29 is 40.6 Å². The van der Waals surface area contributed by atoms with Gasteiger partial charge in [0.25, 0.3) is 0 Å². The molecule has 0 bridgehead atoms. The van der Waals surface area contributed by atoms with Crippen molar-refractivity contribution in [3.05, 3.63) is 89.9 Å². The predicted octanol–water partition coefficient (Wildman–Crippen LogP) is 6.41. The van der Waals surface area contributed by atoms with Crippen LogP contribution in [0.25, 0.3) is 6.08 Å². The Labute approximate surface area is 154 Å². The van der Waals surface area contributed by atoms with E-state index in [1.165, 1.54) is 48.6 Å². The van der Waals surface area contributed by atoms with E-state index in [2.05, 4.69) is 9.47 Å². The van der Waals surface area contributed by atoms with Crippen LogP contribution in [0.4, 0.5) is 26.3 Å². The van der Waals surface area contributed by atoms with Crippen LogP contribution in [-0.2, 0) is 0 Å². The highest BCUT2D eigenvalue weighted by Gasteiger charge is 2.09. The normalized spacial score (nSPS) is 10.5. The third-order valence-corrected chi connectivity index (χ3v) is 3.16. The Morgan fingerprint density at radius 2 is 1.11 bits per heavy atom. The van der Waals surface area contributed by atoms with Crippen LogP contribution in [0.2, 0.25) is 0 Å². The third-order valence-electron chi connectivity index (χ3n) is 3.16. The summed E-state index contributed by atoms with van der Waals surface area (Å²) in [7, 11) is 0. The van der Waals surface area contributed by atoms with Crippen LogP contribution in [0.1, 0.15) is 15.9 Å². The molecule has 0 amide bonds. The number of ether oxygens (including phenoxy) is 2. The summed E-state index contributed by atoms with van der Waals surface area (Å²) in [5, 5.41) is 0. The Hall–Kier alpha value is -3.49. The summed E-state index contributed by atoms with van der Waals surface area (Å²) in [5.74, 6) is -0.823. The quantitative estimate of drug-likeness (QED) is 0.233. The van der Waals surface area contributed by atoms with Gasteiger partial charge in [0.1, 0.15) is 11.5 Å². The molecule has 0 spiro atoms. The van der Waals surface area contributed by atoms with Gasteiger partial charge in [-0.25, -0.2) is 0 Å². The molecule has 0 aromatic heterocycles. The molecule has 2 aromatic carbocycles. The Morgan fingerprint density at radius 3 is 1.54 bits per heavy atom. The summed E-state index contributed by atoms with van der Waals surface area (Å²) >= 11 is 0. The van der Waals surface area contributed by atoms with Crippen molar-refractivity contribution in [3.63, 3.8) is 0 Å². The zero-order valence-corrected chi connectivity index (χ0v) is 13.8. The van der Waals surface area contributed by atoms with Crippen molar-refractivity contribution in [1.82, 2.24) is 0 Å². The van der Waals surface area contributed by atoms with Gasteiger partial charge < -0.3 is 9.47 Å². The van der Waals surface area contributed by atoms with Crippen molar-refractivity contribution in [2.75, 3.05) is 0 Å². The highest BCUT2D eigenvalue weighted by molar-refractivity contribution is 6.06. The maximum Gasteiger partial charge on any atom is 0.344 e. The second kappa shape index (κ2) is 9.45. The van der Waals surface area contributed by atoms with Crippen LogP contribution in [0.3, 0.4) is 0 Å². The lowest BCUT2D eigenvalue weighted by molar-refractivity contribution is 0.104. The average Bonchev–Trinajstić information content (AvgIpc) is 2.67. The average molecular weight is 400 g/mol. The second-order valence-corrected chi connectivity index (χ2v) is 5.06. The second-order valence-electron chi connectivity index (χ2n) is 5.06. The lowest BCUT2D eigenvalue weighted by atomic mass is 10.1. The molecule has 0 unspecified atom stereocenters. The smallest absolute Gasteiger partial charge is 0.344 e. The molecule has 3 nitrogen and oxygen atoms in total. The zero-order chi connectivity index (χ0) is 20.7. The Balaban J connectivity index is 2.01. The number of carbonyl (C=O) groups excluding carboxylic acids is 1. The number of benzene rings is 2. The van der Waals surface area contributed by atoms with E-state index in [-0.39, 0.29) is 17.1 Å². The van der Waals surface area contributed by atoms with Gasteiger partial charge in [0.15, 0.2) is 5.78 Å². The monoisotopic (exact) mass is 400 g/mol. The van der Waals surface area contributed by atoms with E-state index < -0.39 is 30.0 Å². The summed E-state index contributed by atoms with van der Waals surface area (Å²) < 4.78 is 81.7. The number of halogens is 6. The lowest BCUT2D eigenvalue weighted by Gasteiger charge is -2.03. The molecule has 0 N–H and O–H groups in total. The molecule has 0 radical (unpaired) electrons. The summed E-state index contributed by atoms with van der Waals surface area (Å²) in [5.41, 5.74) is 0.677. The van der Waals surface area contributed by atoms with E-state index in [1.807, 2.05) is 0 Å². The van der Waals surface area contributed by atoms with Gasteiger partial charge in [0.05, 0.1) is 0 Å². The largest absolute Gasteiger partial charge is 0.428 e. The maximum atomic E-state index is 12.7. The Kier molecular flexibility index (Phi) is 7.02. The fourth-order valence-corrected chi connectivity index (χ4v) is 1.89. The highest BCUT2D eigenvalue weighted by atomic mass is 19.3. The molecule has 9 heteroatoms. The molecular weight excluding hydrogens is 390 g/mol. The van der Waals surface area contributed by atoms with Gasteiger partial charge in [-0.2, -0.15) is 26.3 Å². The molecule has 0 aliphatic carbocycles. The van der Waals surface area contributed by atoms with Crippen molar-refractivity contribution >= 4 is 11.9 Å². The van der Waals surface area contributed by atoms with Gasteiger partial charge in [-0.1, -0.05) is 18.2 Å². The summed E-state index contributed by atoms with van der Waals surface area (Å²) in [6.45, 7) is 0. The molecule has 2 aromatic rings. The van der Waals surface area contributed by atoms with Crippen LogP contribution in [0.15, 0.2) is 78.8 Å². The van der Waals surface area contributed by atoms with Gasteiger partial charge in [0, 0.05) is 5.56 Å². The molecular formula is C19H10F6O3. The molecule has 0 aliphatic rings. The number of carbonyl (C=O) groups is 1. The lowest BCUT2D eigenvalue weighted by Crippen LogP contribution is -1.95. The van der Waals surface area contributed by atoms with E-state index in [0.717, 1.165) is 12.1 Å². The zero-order valence-electron chi connectivity index (χ0n) is 13.8. The minimum absolute atomic E-state index is 0.157. The molecule has 0 atom stereocenters. The maximum absolute atomic E-state index is 12.7. The van der Waals surface area contributed by atoms with Gasteiger partial charge >= 0.3 is 24.2 Å². The minimum Gasteiger partial charge on any atom is -0.428 e. The van der Waals surface area contributed by atoms with Crippen LogP contribution in [0, 0.1) is 0 Å². The van der Waals surface area contributed by atoms with Crippen LogP contribution < -0.4 is 9.47 Å². The summed E-state index contributed by atoms with van der Waals surface area (Å²) in [6, 6.07) is 6.01. The van der Waals surface area contributed by atoms with Gasteiger partial charge in [-0.3, -0.25) is 4.79 Å². The first-order valence-electron chi connectivity index (χ1n) is 7.46. The first-order chi connectivity index (χ1) is 13.3. The fraction of sp³-hybridized carbons (Fsp3) is 0. The standard InChI is InChI=1S/C19H10F6O3/c20-16(21)18(24)27-13-6-1-11(2-7-13)3-10-15(26)12-4-8-14(9-5-12)28-19(25)17(22)23/h1-10H/b10-3+. The van der Waals surface area contributed by atoms with Gasteiger partial charge in [-0.05, 0) is 48.0 Å². The predicted molar refractivity (Wildman–Crippen MR) is 88.2 cm³/mol. The molecule has 146 valence electrons. The molecule has 0 fully saturated rings. The van der Waals surface area contributed by atoms with Crippen LogP contribution >= 0.6 is 0 Å². The van der Waals surface area contributed by atoms with E-state index in [4.69, 9.17) is 0 Å². The van der Waals surface area contributed by atoms with E-state index in [1.54, 1.807) is 0 Å². The van der Waals surface area contributed by atoms with Crippen LogP contribution in [-0.4, -0.2) is 5.78 Å².